The van der Waals surface area contributed by atoms with Crippen LogP contribution in [0.2, 0.25) is 0 Å². The first-order chi connectivity index (χ1) is 9.52. The second kappa shape index (κ2) is 4.52. The number of hydrogen-bond donors (Lipinski definition) is 5. The van der Waals surface area contributed by atoms with Crippen LogP contribution in [-0.4, -0.2) is 59.8 Å². The third-order valence-electron chi connectivity index (χ3n) is 3.24. The number of anilines is 1. The number of hydrogen-bond acceptors (Lipinski definition) is 8. The average molecular weight is 283 g/mol. The van der Waals surface area contributed by atoms with Gasteiger partial charge in [-0.15, -0.1) is 0 Å². The second-order valence-corrected chi connectivity index (χ2v) is 4.50. The van der Waals surface area contributed by atoms with Gasteiger partial charge in [0.1, 0.15) is 18.3 Å². The molecule has 1 aliphatic heterocycles. The average Bonchev–Trinajstić information content (AvgIpc) is 2.93. The molecule has 108 valence electrons. The van der Waals surface area contributed by atoms with E-state index in [-0.39, 0.29) is 17.1 Å². The largest absolute Gasteiger partial charge is 0.394 e. The van der Waals surface area contributed by atoms with E-state index in [1.165, 1.54) is 10.9 Å². The quantitative estimate of drug-likeness (QED) is 0.398. The van der Waals surface area contributed by atoms with Gasteiger partial charge in [0.15, 0.2) is 17.4 Å². The van der Waals surface area contributed by atoms with Gasteiger partial charge >= 0.3 is 0 Å². The summed E-state index contributed by atoms with van der Waals surface area (Å²) in [6.07, 6.45) is -3.21. The molecule has 0 aliphatic carbocycles. The Balaban J connectivity index is 2.09. The smallest absolute Gasteiger partial charge is 0.280 e. The van der Waals surface area contributed by atoms with Crippen LogP contribution < -0.4 is 11.3 Å². The zero-order chi connectivity index (χ0) is 14.4. The van der Waals surface area contributed by atoms with E-state index in [1.54, 1.807) is 0 Å². The van der Waals surface area contributed by atoms with Crippen molar-refractivity contribution in [1.29, 1.82) is 0 Å². The fourth-order valence-electron chi connectivity index (χ4n) is 2.24. The molecule has 2 aromatic heterocycles. The number of ether oxygens (including phenoxy) is 1. The highest BCUT2D eigenvalue weighted by Crippen LogP contribution is 2.30. The molecule has 10 nitrogen and oxygen atoms in total. The molecule has 0 saturated carbocycles. The number of nitrogen functional groups attached to an aromatic ring is 1. The number of nitrogens with zero attached hydrogens (tertiary/aromatic N) is 3. The highest BCUT2D eigenvalue weighted by atomic mass is 16.6. The molecule has 6 N–H and O–H groups in total. The molecule has 1 saturated heterocycles. The van der Waals surface area contributed by atoms with Gasteiger partial charge in [-0.2, -0.15) is 4.98 Å². The van der Waals surface area contributed by atoms with E-state index in [4.69, 9.17) is 15.6 Å². The van der Waals surface area contributed by atoms with Crippen molar-refractivity contribution in [3.63, 3.8) is 0 Å². The van der Waals surface area contributed by atoms with Crippen molar-refractivity contribution in [1.82, 2.24) is 19.5 Å². The number of aliphatic hydroxyl groups excluding tert-OH is 3. The maximum Gasteiger partial charge on any atom is 0.280 e. The summed E-state index contributed by atoms with van der Waals surface area (Å²) in [7, 11) is 0. The molecule has 20 heavy (non-hydrogen) atoms. The van der Waals surface area contributed by atoms with E-state index in [9.17, 15) is 15.0 Å². The van der Waals surface area contributed by atoms with Gasteiger partial charge in [-0.05, 0) is 0 Å². The SMILES string of the molecule is Nc1nc2c(ncn2[C@@H]2OC(CO)C(O)C2O)c(=O)[nH]1. The number of nitrogens with one attached hydrogen (secondary N) is 1. The van der Waals surface area contributed by atoms with Crippen molar-refractivity contribution in [3.05, 3.63) is 16.7 Å². The molecule has 0 spiro atoms. The third kappa shape index (κ3) is 1.78. The first-order valence-electron chi connectivity index (χ1n) is 5.87. The third-order valence-corrected chi connectivity index (χ3v) is 3.24. The van der Waals surface area contributed by atoms with Crippen molar-refractivity contribution in [2.45, 2.75) is 24.5 Å². The Morgan fingerprint density at radius 1 is 1.45 bits per heavy atom. The second-order valence-electron chi connectivity index (χ2n) is 4.50. The van der Waals surface area contributed by atoms with Crippen molar-refractivity contribution in [3.8, 4) is 0 Å². The number of H-pyrrole nitrogens is 1. The van der Waals surface area contributed by atoms with Gasteiger partial charge in [0.2, 0.25) is 5.95 Å². The lowest BCUT2D eigenvalue weighted by atomic mass is 10.1. The monoisotopic (exact) mass is 283 g/mol. The maximum absolute atomic E-state index is 11.7. The topological polar surface area (TPSA) is 160 Å². The number of aliphatic hydroxyl groups is 3. The van der Waals surface area contributed by atoms with Crippen molar-refractivity contribution < 1.29 is 20.1 Å². The lowest BCUT2D eigenvalue weighted by Gasteiger charge is -2.16. The molecule has 2 aromatic rings. The summed E-state index contributed by atoms with van der Waals surface area (Å²) in [4.78, 5) is 21.8. The Hall–Kier alpha value is -2.01. The van der Waals surface area contributed by atoms with Crippen molar-refractivity contribution >= 4 is 17.1 Å². The van der Waals surface area contributed by atoms with Crippen LogP contribution in [0.4, 0.5) is 5.95 Å². The normalized spacial score (nSPS) is 30.1. The van der Waals surface area contributed by atoms with Gasteiger partial charge in [-0.3, -0.25) is 14.3 Å². The number of nitrogens with two attached hydrogens (primary N) is 1. The Morgan fingerprint density at radius 3 is 2.85 bits per heavy atom. The summed E-state index contributed by atoms with van der Waals surface area (Å²) in [5.41, 5.74) is 5.12. The molecule has 0 aromatic carbocycles. The number of aromatic amines is 1. The number of imidazole rings is 1. The Labute approximate surface area is 111 Å². The minimum atomic E-state index is -1.29. The van der Waals surface area contributed by atoms with Crippen LogP contribution in [0.15, 0.2) is 11.1 Å². The predicted molar refractivity (Wildman–Crippen MR) is 65.6 cm³/mol. The molecule has 3 rings (SSSR count). The summed E-state index contributed by atoms with van der Waals surface area (Å²) in [5, 5.41) is 28.7. The summed E-state index contributed by atoms with van der Waals surface area (Å²) in [6, 6.07) is 0. The molecule has 3 heterocycles. The molecule has 0 bridgehead atoms. The van der Waals surface area contributed by atoms with E-state index in [0.717, 1.165) is 0 Å². The van der Waals surface area contributed by atoms with E-state index in [0.29, 0.717) is 0 Å². The van der Waals surface area contributed by atoms with Crippen molar-refractivity contribution in [2.75, 3.05) is 12.3 Å². The Morgan fingerprint density at radius 2 is 2.20 bits per heavy atom. The zero-order valence-electron chi connectivity index (χ0n) is 10.2. The number of rotatable bonds is 2. The Kier molecular flexibility index (Phi) is 2.94. The minimum absolute atomic E-state index is 0.0388. The Bertz CT molecular complexity index is 697. The minimum Gasteiger partial charge on any atom is -0.394 e. The van der Waals surface area contributed by atoms with Crippen LogP contribution >= 0.6 is 0 Å². The molecule has 10 heteroatoms. The lowest BCUT2D eigenvalue weighted by molar-refractivity contribution is -0.0511. The van der Waals surface area contributed by atoms with E-state index >= 15 is 0 Å². The summed E-state index contributed by atoms with van der Waals surface area (Å²) in [6.45, 7) is -0.447. The standard InChI is InChI=1S/C10H13N5O5/c11-10-13-7-4(8(19)14-10)12-2-15(7)9-6(18)5(17)3(1-16)20-9/h2-3,5-6,9,16-18H,1H2,(H3,11,13,14,19)/t3?,5?,6?,9-/m1/s1. The zero-order valence-corrected chi connectivity index (χ0v) is 10.2. The summed E-state index contributed by atoms with van der Waals surface area (Å²) in [5.74, 6) is -0.101. The van der Waals surface area contributed by atoms with Crippen LogP contribution in [0.3, 0.4) is 0 Å². The summed E-state index contributed by atoms with van der Waals surface area (Å²) >= 11 is 0. The maximum atomic E-state index is 11.7. The van der Waals surface area contributed by atoms with E-state index < -0.39 is 36.7 Å². The van der Waals surface area contributed by atoms with Crippen molar-refractivity contribution in [2.24, 2.45) is 0 Å². The fraction of sp³-hybridized carbons (Fsp3) is 0.500. The van der Waals surface area contributed by atoms with Gasteiger partial charge in [-0.25, -0.2) is 4.98 Å². The van der Waals surface area contributed by atoms with Gasteiger partial charge in [0, 0.05) is 0 Å². The van der Waals surface area contributed by atoms with Crippen LogP contribution in [-0.2, 0) is 4.74 Å². The highest BCUT2D eigenvalue weighted by Gasteiger charge is 2.44. The first-order valence-corrected chi connectivity index (χ1v) is 5.87. The van der Waals surface area contributed by atoms with Crippen LogP contribution in [0.1, 0.15) is 6.23 Å². The molecule has 1 fully saturated rings. The van der Waals surface area contributed by atoms with Crippen LogP contribution in [0.5, 0.6) is 0 Å². The molecule has 0 radical (unpaired) electrons. The van der Waals surface area contributed by atoms with Gasteiger partial charge in [0.05, 0.1) is 12.9 Å². The molecular weight excluding hydrogens is 270 g/mol. The van der Waals surface area contributed by atoms with Crippen LogP contribution in [0, 0.1) is 0 Å². The molecule has 1 aliphatic rings. The number of fused-ring (bicyclic) bond motifs is 1. The first kappa shape index (κ1) is 13.0. The molecule has 0 amide bonds. The molecule has 3 unspecified atom stereocenters. The van der Waals surface area contributed by atoms with Gasteiger partial charge in [0.25, 0.3) is 5.56 Å². The summed E-state index contributed by atoms with van der Waals surface area (Å²) < 4.78 is 6.64. The van der Waals surface area contributed by atoms with E-state index in [2.05, 4.69) is 15.0 Å². The lowest BCUT2D eigenvalue weighted by Crippen LogP contribution is -2.33. The molecule has 4 atom stereocenters. The predicted octanol–water partition coefficient (Wildman–Crippen LogP) is -2.69. The van der Waals surface area contributed by atoms with Crippen LogP contribution in [0.25, 0.3) is 11.2 Å². The van der Waals surface area contributed by atoms with E-state index in [1.807, 2.05) is 0 Å². The van der Waals surface area contributed by atoms with Gasteiger partial charge < -0.3 is 25.8 Å². The highest BCUT2D eigenvalue weighted by molar-refractivity contribution is 5.70. The molecular formula is C10H13N5O5. The van der Waals surface area contributed by atoms with Gasteiger partial charge in [-0.1, -0.05) is 0 Å². The fourth-order valence-corrected chi connectivity index (χ4v) is 2.24. The number of aromatic nitrogens is 4.